The van der Waals surface area contributed by atoms with Crippen molar-refractivity contribution in [3.8, 4) is 6.07 Å². The van der Waals surface area contributed by atoms with Crippen LogP contribution in [-0.2, 0) is 6.42 Å². The molecule has 23 heavy (non-hydrogen) atoms. The number of anilines is 1. The highest BCUT2D eigenvalue weighted by molar-refractivity contribution is 5.95. The molecule has 0 atom stereocenters. The summed E-state index contributed by atoms with van der Waals surface area (Å²) < 4.78 is 1.93. The first-order valence-electron chi connectivity index (χ1n) is 7.26. The number of rotatable bonds is 5. The SMILES string of the molecule is CC(=O)c1ccc(C#N)c(NCCc2nnc3ccccn23)c1. The molecule has 0 bridgehead atoms. The zero-order chi connectivity index (χ0) is 16.2. The molecule has 114 valence electrons. The van der Waals surface area contributed by atoms with Gasteiger partial charge in [-0.2, -0.15) is 5.26 Å². The standard InChI is InChI=1S/C17H15N5O/c1-12(23)13-5-6-14(11-18)15(10-13)19-8-7-17-21-20-16-4-2-3-9-22(16)17/h2-6,9-10,19H,7-8H2,1H3. The molecule has 0 spiro atoms. The van der Waals surface area contributed by atoms with Crippen molar-refractivity contribution in [2.45, 2.75) is 13.3 Å². The molecule has 0 aliphatic carbocycles. The molecule has 2 heterocycles. The van der Waals surface area contributed by atoms with E-state index in [1.165, 1.54) is 6.92 Å². The van der Waals surface area contributed by atoms with E-state index in [0.29, 0.717) is 29.8 Å². The van der Waals surface area contributed by atoms with E-state index in [1.807, 2.05) is 28.8 Å². The second-order valence-corrected chi connectivity index (χ2v) is 5.15. The number of carbonyl (C=O) groups is 1. The third kappa shape index (κ3) is 3.04. The lowest BCUT2D eigenvalue weighted by Crippen LogP contribution is -2.09. The van der Waals surface area contributed by atoms with Crippen molar-refractivity contribution in [3.63, 3.8) is 0 Å². The molecule has 6 heteroatoms. The molecule has 1 aromatic carbocycles. The summed E-state index contributed by atoms with van der Waals surface area (Å²) in [6.45, 7) is 2.10. The number of fused-ring (bicyclic) bond motifs is 1. The van der Waals surface area contributed by atoms with Gasteiger partial charge in [-0.3, -0.25) is 9.20 Å². The van der Waals surface area contributed by atoms with Crippen LogP contribution in [0.1, 0.15) is 28.7 Å². The molecule has 1 N–H and O–H groups in total. The Morgan fingerprint density at radius 2 is 2.17 bits per heavy atom. The number of carbonyl (C=O) groups excluding carboxylic acids is 1. The first-order valence-corrected chi connectivity index (χ1v) is 7.26. The molecule has 0 amide bonds. The van der Waals surface area contributed by atoms with Gasteiger partial charge in [-0.25, -0.2) is 0 Å². The Bertz CT molecular complexity index is 907. The fourth-order valence-corrected chi connectivity index (χ4v) is 2.38. The van der Waals surface area contributed by atoms with Gasteiger partial charge in [0.1, 0.15) is 11.9 Å². The van der Waals surface area contributed by atoms with Crippen molar-refractivity contribution in [1.29, 1.82) is 5.26 Å². The van der Waals surface area contributed by atoms with E-state index in [9.17, 15) is 10.1 Å². The Hall–Kier alpha value is -3.20. The van der Waals surface area contributed by atoms with Crippen LogP contribution < -0.4 is 5.32 Å². The minimum absolute atomic E-state index is 0.0269. The molecule has 3 aromatic rings. The summed E-state index contributed by atoms with van der Waals surface area (Å²) in [5.74, 6) is 0.815. The number of pyridine rings is 1. The number of ketones is 1. The van der Waals surface area contributed by atoms with Crippen molar-refractivity contribution in [3.05, 3.63) is 59.5 Å². The highest BCUT2D eigenvalue weighted by Gasteiger charge is 2.08. The zero-order valence-corrected chi connectivity index (χ0v) is 12.7. The Labute approximate surface area is 133 Å². The van der Waals surface area contributed by atoms with Crippen LogP contribution in [0.5, 0.6) is 0 Å². The lowest BCUT2D eigenvalue weighted by molar-refractivity contribution is 0.101. The summed E-state index contributed by atoms with van der Waals surface area (Å²) in [4.78, 5) is 11.5. The van der Waals surface area contributed by atoms with Crippen LogP contribution in [0.25, 0.3) is 5.65 Å². The average Bonchev–Trinajstić information content (AvgIpc) is 2.98. The fraction of sp³-hybridized carbons (Fsp3) is 0.176. The third-order valence-electron chi connectivity index (χ3n) is 3.59. The molecule has 0 unspecified atom stereocenters. The third-order valence-corrected chi connectivity index (χ3v) is 3.59. The minimum Gasteiger partial charge on any atom is -0.384 e. The molecule has 6 nitrogen and oxygen atoms in total. The molecular weight excluding hydrogens is 290 g/mol. The normalized spacial score (nSPS) is 10.4. The van der Waals surface area contributed by atoms with Crippen LogP contribution in [0.15, 0.2) is 42.6 Å². The molecule has 0 aliphatic heterocycles. The van der Waals surface area contributed by atoms with Crippen molar-refractivity contribution >= 4 is 17.1 Å². The van der Waals surface area contributed by atoms with Crippen LogP contribution in [0.4, 0.5) is 5.69 Å². The maximum absolute atomic E-state index is 11.5. The van der Waals surface area contributed by atoms with Gasteiger partial charge in [0.2, 0.25) is 0 Å². The highest BCUT2D eigenvalue weighted by atomic mass is 16.1. The maximum Gasteiger partial charge on any atom is 0.160 e. The highest BCUT2D eigenvalue weighted by Crippen LogP contribution is 2.17. The summed E-state index contributed by atoms with van der Waals surface area (Å²) in [7, 11) is 0. The lowest BCUT2D eigenvalue weighted by Gasteiger charge is -2.09. The topological polar surface area (TPSA) is 83.1 Å². The van der Waals surface area contributed by atoms with Gasteiger partial charge in [0.15, 0.2) is 11.4 Å². The molecule has 0 saturated carbocycles. The van der Waals surface area contributed by atoms with Crippen molar-refractivity contribution < 1.29 is 4.79 Å². The van der Waals surface area contributed by atoms with Crippen LogP contribution in [0, 0.1) is 11.3 Å². The van der Waals surface area contributed by atoms with Gasteiger partial charge in [-0.05, 0) is 37.3 Å². The number of hydrogen-bond acceptors (Lipinski definition) is 5. The largest absolute Gasteiger partial charge is 0.384 e. The van der Waals surface area contributed by atoms with Gasteiger partial charge in [-0.15, -0.1) is 10.2 Å². The number of nitrogens with zero attached hydrogens (tertiary/aromatic N) is 4. The summed E-state index contributed by atoms with van der Waals surface area (Å²) >= 11 is 0. The molecule has 0 saturated heterocycles. The number of benzene rings is 1. The molecular formula is C17H15N5O. The zero-order valence-electron chi connectivity index (χ0n) is 12.7. The van der Waals surface area contributed by atoms with Crippen LogP contribution in [0.2, 0.25) is 0 Å². The first-order chi connectivity index (χ1) is 11.2. The average molecular weight is 305 g/mol. The number of hydrogen-bond donors (Lipinski definition) is 1. The van der Waals surface area contributed by atoms with E-state index in [-0.39, 0.29) is 5.78 Å². The van der Waals surface area contributed by atoms with Crippen LogP contribution in [-0.4, -0.2) is 26.9 Å². The molecule has 0 radical (unpaired) electrons. The van der Waals surface area contributed by atoms with Crippen molar-refractivity contribution in [2.24, 2.45) is 0 Å². The van der Waals surface area contributed by atoms with Gasteiger partial charge < -0.3 is 5.32 Å². The van der Waals surface area contributed by atoms with Gasteiger partial charge in [-0.1, -0.05) is 6.07 Å². The van der Waals surface area contributed by atoms with Gasteiger partial charge in [0.25, 0.3) is 0 Å². The Morgan fingerprint density at radius 3 is 2.96 bits per heavy atom. The predicted molar refractivity (Wildman–Crippen MR) is 86.3 cm³/mol. The molecule has 3 rings (SSSR count). The maximum atomic E-state index is 11.5. The number of Topliss-reactive ketones (excluding diaryl/α,β-unsaturated/α-hetero) is 1. The Morgan fingerprint density at radius 1 is 1.30 bits per heavy atom. The monoisotopic (exact) mass is 305 g/mol. The summed E-state index contributed by atoms with van der Waals surface area (Å²) in [6.07, 6.45) is 2.57. The Kier molecular flexibility index (Phi) is 4.02. The smallest absolute Gasteiger partial charge is 0.160 e. The summed E-state index contributed by atoms with van der Waals surface area (Å²) in [6, 6.07) is 12.9. The molecule has 0 aliphatic rings. The number of nitrogens with one attached hydrogen (secondary N) is 1. The number of aromatic nitrogens is 3. The second kappa shape index (κ2) is 6.28. The van der Waals surface area contributed by atoms with Gasteiger partial charge >= 0.3 is 0 Å². The molecule has 0 fully saturated rings. The quantitative estimate of drug-likeness (QED) is 0.732. The first kappa shape index (κ1) is 14.7. The van der Waals surface area contributed by atoms with Crippen molar-refractivity contribution in [2.75, 3.05) is 11.9 Å². The van der Waals surface area contributed by atoms with E-state index < -0.39 is 0 Å². The van der Waals surface area contributed by atoms with E-state index in [0.717, 1.165) is 11.5 Å². The van der Waals surface area contributed by atoms with Gasteiger partial charge in [0, 0.05) is 24.7 Å². The summed E-state index contributed by atoms with van der Waals surface area (Å²) in [5, 5.41) is 20.7. The number of nitriles is 1. The Balaban J connectivity index is 1.74. The minimum atomic E-state index is -0.0269. The van der Waals surface area contributed by atoms with E-state index in [2.05, 4.69) is 21.6 Å². The van der Waals surface area contributed by atoms with E-state index in [1.54, 1.807) is 18.2 Å². The van der Waals surface area contributed by atoms with Crippen molar-refractivity contribution in [1.82, 2.24) is 14.6 Å². The predicted octanol–water partition coefficient (Wildman–Crippen LogP) is 2.46. The fourth-order valence-electron chi connectivity index (χ4n) is 2.38. The second-order valence-electron chi connectivity index (χ2n) is 5.15. The lowest BCUT2D eigenvalue weighted by atomic mass is 10.1. The van der Waals surface area contributed by atoms with Crippen LogP contribution in [0.3, 0.4) is 0 Å². The molecule has 2 aromatic heterocycles. The van der Waals surface area contributed by atoms with Crippen LogP contribution >= 0.6 is 0 Å². The summed E-state index contributed by atoms with van der Waals surface area (Å²) in [5.41, 5.74) is 2.56. The van der Waals surface area contributed by atoms with E-state index >= 15 is 0 Å². The van der Waals surface area contributed by atoms with Gasteiger partial charge in [0.05, 0.1) is 11.3 Å². The van der Waals surface area contributed by atoms with E-state index in [4.69, 9.17) is 0 Å².